The number of methoxy groups -OCH3 is 1. The Bertz CT molecular complexity index is 1300. The van der Waals surface area contributed by atoms with Gasteiger partial charge in [0, 0.05) is 23.2 Å². The van der Waals surface area contributed by atoms with Crippen LogP contribution < -0.4 is 10.9 Å². The number of fused-ring (bicyclic) bond motifs is 3. The van der Waals surface area contributed by atoms with Gasteiger partial charge in [-0.25, -0.2) is 9.89 Å². The molecular formula is C22H19N3O4. The van der Waals surface area contributed by atoms with Crippen LogP contribution >= 0.6 is 0 Å². The molecule has 3 aromatic carbocycles. The second-order valence-corrected chi connectivity index (χ2v) is 6.74. The highest BCUT2D eigenvalue weighted by atomic mass is 16.5. The summed E-state index contributed by atoms with van der Waals surface area (Å²) in [6.45, 7) is 1.96. The quantitative estimate of drug-likeness (QED) is 0.363. The summed E-state index contributed by atoms with van der Waals surface area (Å²) < 4.78 is 4.86. The number of anilines is 1. The topological polar surface area (TPSA) is 104 Å². The lowest BCUT2D eigenvalue weighted by Crippen LogP contribution is -2.12. The number of esters is 1. The molecule has 3 N–H and O–H groups in total. The van der Waals surface area contributed by atoms with Crippen LogP contribution in [0.3, 0.4) is 0 Å². The van der Waals surface area contributed by atoms with Crippen molar-refractivity contribution in [3.8, 4) is 5.75 Å². The van der Waals surface area contributed by atoms with E-state index >= 15 is 0 Å². The summed E-state index contributed by atoms with van der Waals surface area (Å²) >= 11 is 0. The summed E-state index contributed by atoms with van der Waals surface area (Å²) in [4.78, 5) is 23.8. The van der Waals surface area contributed by atoms with Crippen molar-refractivity contribution in [2.75, 3.05) is 12.4 Å². The summed E-state index contributed by atoms with van der Waals surface area (Å²) in [5.41, 5.74) is 1.98. The molecule has 0 bridgehead atoms. The third-order valence-corrected chi connectivity index (χ3v) is 4.93. The van der Waals surface area contributed by atoms with E-state index in [0.717, 1.165) is 16.3 Å². The van der Waals surface area contributed by atoms with Crippen LogP contribution in [0.5, 0.6) is 5.75 Å². The van der Waals surface area contributed by atoms with E-state index in [9.17, 15) is 14.7 Å². The lowest BCUT2D eigenvalue weighted by Gasteiger charge is -2.20. The average molecular weight is 389 g/mol. The number of hydrogen-bond acceptors (Lipinski definition) is 6. The first kappa shape index (κ1) is 18.5. The number of para-hydroxylation sites is 1. The number of benzene rings is 3. The zero-order chi connectivity index (χ0) is 20.5. The molecule has 0 aliphatic rings. The van der Waals surface area contributed by atoms with Crippen molar-refractivity contribution in [1.29, 1.82) is 0 Å². The Labute approximate surface area is 166 Å². The summed E-state index contributed by atoms with van der Waals surface area (Å²) in [6, 6.07) is 15.7. The molecule has 29 heavy (non-hydrogen) atoms. The van der Waals surface area contributed by atoms with Gasteiger partial charge in [0.05, 0.1) is 12.7 Å². The van der Waals surface area contributed by atoms with Gasteiger partial charge in [0.15, 0.2) is 0 Å². The number of nitrogens with zero attached hydrogens (tertiary/aromatic N) is 1. The summed E-state index contributed by atoms with van der Waals surface area (Å²) in [5, 5.41) is 22.3. The van der Waals surface area contributed by atoms with Gasteiger partial charge in [-0.1, -0.05) is 30.3 Å². The Morgan fingerprint density at radius 3 is 2.69 bits per heavy atom. The van der Waals surface area contributed by atoms with Crippen molar-refractivity contribution in [3.63, 3.8) is 0 Å². The lowest BCUT2D eigenvalue weighted by molar-refractivity contribution is 0.0602. The largest absolute Gasteiger partial charge is 0.506 e. The number of nitrogens with one attached hydrogen (secondary N) is 2. The van der Waals surface area contributed by atoms with Crippen LogP contribution in [0.25, 0.3) is 21.7 Å². The molecule has 0 amide bonds. The lowest BCUT2D eigenvalue weighted by atomic mass is 9.96. The molecule has 0 radical (unpaired) electrons. The predicted molar refractivity (Wildman–Crippen MR) is 111 cm³/mol. The van der Waals surface area contributed by atoms with Gasteiger partial charge in [0.1, 0.15) is 11.3 Å². The number of H-pyrrole nitrogens is 1. The molecule has 1 heterocycles. The summed E-state index contributed by atoms with van der Waals surface area (Å²) in [7, 11) is 1.34. The highest BCUT2D eigenvalue weighted by molar-refractivity contribution is 6.09. The molecular weight excluding hydrogens is 370 g/mol. The van der Waals surface area contributed by atoms with Crippen LogP contribution in [-0.4, -0.2) is 28.4 Å². The fourth-order valence-corrected chi connectivity index (χ4v) is 3.57. The fourth-order valence-electron chi connectivity index (χ4n) is 3.57. The van der Waals surface area contributed by atoms with Crippen LogP contribution in [0.2, 0.25) is 0 Å². The Morgan fingerprint density at radius 2 is 1.90 bits per heavy atom. The molecule has 4 rings (SSSR count). The predicted octanol–water partition coefficient (Wildman–Crippen LogP) is 3.74. The molecule has 7 heteroatoms. The highest BCUT2D eigenvalue weighted by Gasteiger charge is 2.17. The zero-order valence-corrected chi connectivity index (χ0v) is 15.9. The molecule has 1 atom stereocenters. The highest BCUT2D eigenvalue weighted by Crippen LogP contribution is 2.35. The number of hydrogen-bond donors (Lipinski definition) is 3. The standard InChI is InChI=1S/C22H19N3O4/c1-12(23-18-9-4-3-6-15(18)22(28)29-2)13-7-5-8-14-16(13)10-19(26)21-17(14)11-20(27)24-25-21/h3-12,23,26H,1-2H3,(H,24,27). The Hall–Kier alpha value is -3.87. The minimum Gasteiger partial charge on any atom is -0.506 e. The van der Waals surface area contributed by atoms with E-state index in [1.54, 1.807) is 18.2 Å². The van der Waals surface area contributed by atoms with Crippen molar-refractivity contribution >= 4 is 33.3 Å². The molecule has 7 nitrogen and oxygen atoms in total. The van der Waals surface area contributed by atoms with E-state index in [2.05, 4.69) is 15.5 Å². The van der Waals surface area contributed by atoms with E-state index < -0.39 is 5.97 Å². The van der Waals surface area contributed by atoms with Gasteiger partial charge in [0.25, 0.3) is 5.56 Å². The second kappa shape index (κ2) is 7.27. The number of carbonyl (C=O) groups is 1. The molecule has 4 aromatic rings. The van der Waals surface area contributed by atoms with Crippen LogP contribution in [0.1, 0.15) is 28.9 Å². The molecule has 0 spiro atoms. The first-order valence-corrected chi connectivity index (χ1v) is 9.07. The molecule has 0 saturated carbocycles. The summed E-state index contributed by atoms with van der Waals surface area (Å²) in [6.07, 6.45) is 0. The van der Waals surface area contributed by atoms with Gasteiger partial charge in [-0.05, 0) is 41.5 Å². The molecule has 0 aliphatic heterocycles. The van der Waals surface area contributed by atoms with Crippen molar-refractivity contribution in [1.82, 2.24) is 10.2 Å². The molecule has 1 aromatic heterocycles. The van der Waals surface area contributed by atoms with Crippen LogP contribution in [0.15, 0.2) is 59.4 Å². The van der Waals surface area contributed by atoms with Gasteiger partial charge in [-0.3, -0.25) is 4.79 Å². The normalized spacial score (nSPS) is 12.1. The first-order valence-electron chi connectivity index (χ1n) is 9.07. The number of aromatic hydroxyl groups is 1. The second-order valence-electron chi connectivity index (χ2n) is 6.74. The third-order valence-electron chi connectivity index (χ3n) is 4.93. The Morgan fingerprint density at radius 1 is 1.10 bits per heavy atom. The van der Waals surface area contributed by atoms with Gasteiger partial charge < -0.3 is 15.2 Å². The maximum absolute atomic E-state index is 12.1. The number of rotatable bonds is 4. The van der Waals surface area contributed by atoms with Crippen molar-refractivity contribution in [2.45, 2.75) is 13.0 Å². The molecule has 0 saturated heterocycles. The van der Waals surface area contributed by atoms with Crippen molar-refractivity contribution in [2.24, 2.45) is 0 Å². The van der Waals surface area contributed by atoms with Crippen molar-refractivity contribution < 1.29 is 14.6 Å². The van der Waals surface area contributed by atoms with Crippen molar-refractivity contribution in [3.05, 3.63) is 76.1 Å². The number of aromatic nitrogens is 2. The molecule has 146 valence electrons. The van der Waals surface area contributed by atoms with Gasteiger partial charge in [0.2, 0.25) is 0 Å². The van der Waals surface area contributed by atoms with E-state index in [1.807, 2.05) is 37.3 Å². The van der Waals surface area contributed by atoms with E-state index in [-0.39, 0.29) is 17.4 Å². The van der Waals surface area contributed by atoms with E-state index in [1.165, 1.54) is 13.2 Å². The average Bonchev–Trinajstić information content (AvgIpc) is 2.73. The minimum absolute atomic E-state index is 0.0154. The number of carbonyl (C=O) groups excluding carboxylic acids is 1. The molecule has 0 aliphatic carbocycles. The maximum Gasteiger partial charge on any atom is 0.339 e. The zero-order valence-electron chi connectivity index (χ0n) is 15.9. The summed E-state index contributed by atoms with van der Waals surface area (Å²) in [5.74, 6) is -0.439. The van der Waals surface area contributed by atoms with Gasteiger partial charge in [-0.2, -0.15) is 5.10 Å². The number of phenolic OH excluding ortho intramolecular Hbond substituents is 1. The Balaban J connectivity index is 1.84. The number of phenols is 1. The third kappa shape index (κ3) is 3.27. The number of ether oxygens (including phenoxy) is 1. The Kier molecular flexibility index (Phi) is 4.64. The SMILES string of the molecule is COC(=O)c1ccccc1NC(C)c1cccc2c1cc(O)c1n[nH]c(=O)cc12. The number of aromatic amines is 1. The van der Waals surface area contributed by atoms with Gasteiger partial charge in [-0.15, -0.1) is 0 Å². The fraction of sp³-hybridized carbons (Fsp3) is 0.136. The van der Waals surface area contributed by atoms with E-state index in [0.29, 0.717) is 22.2 Å². The van der Waals surface area contributed by atoms with Crippen LogP contribution in [-0.2, 0) is 4.74 Å². The van der Waals surface area contributed by atoms with Crippen LogP contribution in [0, 0.1) is 0 Å². The minimum atomic E-state index is -0.424. The maximum atomic E-state index is 12.1. The molecule has 1 unspecified atom stereocenters. The first-order chi connectivity index (χ1) is 14.0. The van der Waals surface area contributed by atoms with Crippen LogP contribution in [0.4, 0.5) is 5.69 Å². The smallest absolute Gasteiger partial charge is 0.339 e. The van der Waals surface area contributed by atoms with Gasteiger partial charge >= 0.3 is 5.97 Å². The monoisotopic (exact) mass is 389 g/mol. The van der Waals surface area contributed by atoms with E-state index in [4.69, 9.17) is 4.74 Å². The molecule has 0 fully saturated rings.